The Morgan fingerprint density at radius 3 is 2.50 bits per heavy atom. The molecule has 1 unspecified atom stereocenters. The van der Waals surface area contributed by atoms with Gasteiger partial charge in [0.2, 0.25) is 0 Å². The molecule has 0 aliphatic carbocycles. The first-order valence-electron chi connectivity index (χ1n) is 7.77. The molecular formula is C17H29NO2. The quantitative estimate of drug-likeness (QED) is 0.647. The molecule has 0 fully saturated rings. The normalized spacial score (nSPS) is 12.2. The summed E-state index contributed by atoms with van der Waals surface area (Å²) in [6.45, 7) is 8.30. The molecule has 0 radical (unpaired) electrons. The van der Waals surface area contributed by atoms with Gasteiger partial charge in [0.1, 0.15) is 11.5 Å². The largest absolute Gasteiger partial charge is 0.496 e. The molecule has 1 aromatic rings. The molecule has 20 heavy (non-hydrogen) atoms. The number of benzene rings is 1. The van der Waals surface area contributed by atoms with E-state index in [9.17, 15) is 0 Å². The van der Waals surface area contributed by atoms with Gasteiger partial charge in [-0.05, 0) is 38.4 Å². The van der Waals surface area contributed by atoms with Gasteiger partial charge in [-0.2, -0.15) is 0 Å². The zero-order valence-corrected chi connectivity index (χ0v) is 13.4. The van der Waals surface area contributed by atoms with E-state index in [1.165, 1.54) is 12.8 Å². The van der Waals surface area contributed by atoms with Crippen molar-refractivity contribution in [2.75, 3.05) is 20.3 Å². The van der Waals surface area contributed by atoms with Crippen molar-refractivity contribution in [1.82, 2.24) is 5.32 Å². The third-order valence-electron chi connectivity index (χ3n) is 3.39. The van der Waals surface area contributed by atoms with Crippen LogP contribution in [0.5, 0.6) is 11.5 Å². The molecule has 0 aromatic heterocycles. The number of unbranched alkanes of at least 4 members (excludes halogenated alkanes) is 2. The van der Waals surface area contributed by atoms with Crippen molar-refractivity contribution in [3.63, 3.8) is 0 Å². The zero-order chi connectivity index (χ0) is 14.8. The molecule has 3 nitrogen and oxygen atoms in total. The molecule has 0 saturated carbocycles. The van der Waals surface area contributed by atoms with Gasteiger partial charge in [0, 0.05) is 6.04 Å². The number of hydrogen-bond acceptors (Lipinski definition) is 3. The predicted octanol–water partition coefficient (Wildman–Crippen LogP) is 4.32. The smallest absolute Gasteiger partial charge is 0.127 e. The van der Waals surface area contributed by atoms with E-state index in [1.807, 2.05) is 18.2 Å². The number of hydrogen-bond donors (Lipinski definition) is 1. The maximum atomic E-state index is 5.96. The van der Waals surface area contributed by atoms with Crippen molar-refractivity contribution >= 4 is 0 Å². The first-order chi connectivity index (χ1) is 9.74. The molecule has 0 saturated heterocycles. The molecule has 0 spiro atoms. The maximum Gasteiger partial charge on any atom is 0.127 e. The fourth-order valence-corrected chi connectivity index (χ4v) is 2.25. The van der Waals surface area contributed by atoms with E-state index in [4.69, 9.17) is 9.47 Å². The van der Waals surface area contributed by atoms with Crippen LogP contribution in [0.2, 0.25) is 0 Å². The minimum atomic E-state index is 0.229. The number of rotatable bonds is 10. The minimum Gasteiger partial charge on any atom is -0.496 e. The second kappa shape index (κ2) is 9.65. The topological polar surface area (TPSA) is 30.5 Å². The summed E-state index contributed by atoms with van der Waals surface area (Å²) in [5, 5.41) is 3.51. The van der Waals surface area contributed by atoms with Gasteiger partial charge in [0.05, 0.1) is 19.3 Å². The Hall–Kier alpha value is -1.22. The molecule has 0 heterocycles. The van der Waals surface area contributed by atoms with Crippen LogP contribution in [0.4, 0.5) is 0 Å². The van der Waals surface area contributed by atoms with Gasteiger partial charge in [0.25, 0.3) is 0 Å². The van der Waals surface area contributed by atoms with E-state index < -0.39 is 0 Å². The summed E-state index contributed by atoms with van der Waals surface area (Å²) in [7, 11) is 1.71. The predicted molar refractivity (Wildman–Crippen MR) is 84.7 cm³/mol. The zero-order valence-electron chi connectivity index (χ0n) is 13.4. The van der Waals surface area contributed by atoms with Crippen LogP contribution in [0.1, 0.15) is 58.1 Å². The van der Waals surface area contributed by atoms with Gasteiger partial charge in [-0.1, -0.05) is 32.8 Å². The molecule has 0 amide bonds. The summed E-state index contributed by atoms with van der Waals surface area (Å²) in [5.41, 5.74) is 1.12. The summed E-state index contributed by atoms with van der Waals surface area (Å²) < 4.78 is 11.5. The van der Waals surface area contributed by atoms with Crippen LogP contribution in [0.3, 0.4) is 0 Å². The lowest BCUT2D eigenvalue weighted by atomic mass is 10.1. The van der Waals surface area contributed by atoms with Crippen molar-refractivity contribution in [1.29, 1.82) is 0 Å². The maximum absolute atomic E-state index is 5.96. The average molecular weight is 279 g/mol. The van der Waals surface area contributed by atoms with Crippen LogP contribution in [-0.4, -0.2) is 20.3 Å². The number of ether oxygens (including phenoxy) is 2. The fourth-order valence-electron chi connectivity index (χ4n) is 2.25. The van der Waals surface area contributed by atoms with Gasteiger partial charge >= 0.3 is 0 Å². The molecule has 1 rings (SSSR count). The standard InChI is InChI=1S/C17H29NO2/c1-5-7-8-13-20-16-11-9-10-15(19-4)17(16)14(3)18-12-6-2/h9-11,14,18H,5-8,12-13H2,1-4H3. The third-order valence-corrected chi connectivity index (χ3v) is 3.39. The molecule has 1 atom stereocenters. The lowest BCUT2D eigenvalue weighted by Gasteiger charge is -2.21. The highest BCUT2D eigenvalue weighted by atomic mass is 16.5. The molecule has 1 aromatic carbocycles. The van der Waals surface area contributed by atoms with Crippen LogP contribution in [0, 0.1) is 0 Å². The average Bonchev–Trinajstić information content (AvgIpc) is 2.48. The second-order valence-corrected chi connectivity index (χ2v) is 5.10. The highest BCUT2D eigenvalue weighted by molar-refractivity contribution is 5.46. The van der Waals surface area contributed by atoms with Crippen molar-refractivity contribution in [2.24, 2.45) is 0 Å². The van der Waals surface area contributed by atoms with Gasteiger partial charge in [-0.25, -0.2) is 0 Å². The van der Waals surface area contributed by atoms with E-state index in [2.05, 4.69) is 26.1 Å². The molecule has 0 aliphatic heterocycles. The van der Waals surface area contributed by atoms with E-state index in [1.54, 1.807) is 7.11 Å². The third kappa shape index (κ3) is 5.04. The van der Waals surface area contributed by atoms with E-state index >= 15 is 0 Å². The van der Waals surface area contributed by atoms with Gasteiger partial charge < -0.3 is 14.8 Å². The lowest BCUT2D eigenvalue weighted by molar-refractivity contribution is 0.296. The Morgan fingerprint density at radius 1 is 1.10 bits per heavy atom. The lowest BCUT2D eigenvalue weighted by Crippen LogP contribution is -2.20. The Balaban J connectivity index is 2.80. The highest BCUT2D eigenvalue weighted by Crippen LogP contribution is 2.34. The summed E-state index contributed by atoms with van der Waals surface area (Å²) in [5.74, 6) is 1.84. The molecule has 3 heteroatoms. The number of nitrogens with one attached hydrogen (secondary N) is 1. The summed E-state index contributed by atoms with van der Waals surface area (Å²) in [4.78, 5) is 0. The van der Waals surface area contributed by atoms with Crippen LogP contribution in [0.25, 0.3) is 0 Å². The van der Waals surface area contributed by atoms with Crippen molar-refractivity contribution in [3.05, 3.63) is 23.8 Å². The van der Waals surface area contributed by atoms with Crippen molar-refractivity contribution in [3.8, 4) is 11.5 Å². The van der Waals surface area contributed by atoms with E-state index in [0.717, 1.165) is 43.1 Å². The minimum absolute atomic E-state index is 0.229. The highest BCUT2D eigenvalue weighted by Gasteiger charge is 2.16. The van der Waals surface area contributed by atoms with Crippen molar-refractivity contribution in [2.45, 2.75) is 52.5 Å². The first kappa shape index (κ1) is 16.8. The van der Waals surface area contributed by atoms with Crippen LogP contribution >= 0.6 is 0 Å². The molecule has 0 bridgehead atoms. The van der Waals surface area contributed by atoms with Crippen LogP contribution < -0.4 is 14.8 Å². The van der Waals surface area contributed by atoms with E-state index in [0.29, 0.717) is 0 Å². The second-order valence-electron chi connectivity index (χ2n) is 5.10. The molecule has 1 N–H and O–H groups in total. The summed E-state index contributed by atoms with van der Waals surface area (Å²) in [6.07, 6.45) is 4.64. The number of methoxy groups -OCH3 is 1. The van der Waals surface area contributed by atoms with Gasteiger partial charge in [-0.3, -0.25) is 0 Å². The molecule has 0 aliphatic rings. The Kier molecular flexibility index (Phi) is 8.12. The molecule has 114 valence electrons. The molecular weight excluding hydrogens is 250 g/mol. The fraction of sp³-hybridized carbons (Fsp3) is 0.647. The van der Waals surface area contributed by atoms with Gasteiger partial charge in [0.15, 0.2) is 0 Å². The van der Waals surface area contributed by atoms with Crippen molar-refractivity contribution < 1.29 is 9.47 Å². The van der Waals surface area contributed by atoms with Crippen LogP contribution in [-0.2, 0) is 0 Å². The monoisotopic (exact) mass is 279 g/mol. The summed E-state index contributed by atoms with van der Waals surface area (Å²) in [6, 6.07) is 6.25. The Morgan fingerprint density at radius 2 is 1.85 bits per heavy atom. The Bertz CT molecular complexity index is 379. The first-order valence-corrected chi connectivity index (χ1v) is 7.77. The Labute approximate surface area is 123 Å². The SMILES string of the molecule is CCCCCOc1cccc(OC)c1C(C)NCCC. The van der Waals surface area contributed by atoms with Gasteiger partial charge in [-0.15, -0.1) is 0 Å². The van der Waals surface area contributed by atoms with Crippen LogP contribution in [0.15, 0.2) is 18.2 Å². The van der Waals surface area contributed by atoms with E-state index in [-0.39, 0.29) is 6.04 Å². The summed E-state index contributed by atoms with van der Waals surface area (Å²) >= 11 is 0.